The van der Waals surface area contributed by atoms with E-state index in [4.69, 9.17) is 9.47 Å². The van der Waals surface area contributed by atoms with Crippen molar-refractivity contribution in [1.82, 2.24) is 20.5 Å². The highest BCUT2D eigenvalue weighted by atomic mass is 16.5. The number of hydrogen-bond donors (Lipinski definition) is 2. The molecule has 1 aromatic carbocycles. The summed E-state index contributed by atoms with van der Waals surface area (Å²) in [6.07, 6.45) is 4.38. The van der Waals surface area contributed by atoms with Crippen molar-refractivity contribution in [1.29, 1.82) is 0 Å². The summed E-state index contributed by atoms with van der Waals surface area (Å²) in [6.45, 7) is 5.79. The van der Waals surface area contributed by atoms with E-state index in [1.807, 2.05) is 12.1 Å². The molecule has 0 atom stereocenters. The lowest BCUT2D eigenvalue weighted by molar-refractivity contribution is 0.143. The SMILES string of the molecule is CN=C(NCc1ccc(CN2CCCC2)cc1)NCc1cccnc1OCCOC. The molecule has 7 nitrogen and oxygen atoms in total. The van der Waals surface area contributed by atoms with Crippen LogP contribution in [0, 0.1) is 0 Å². The van der Waals surface area contributed by atoms with Gasteiger partial charge in [0.2, 0.25) is 5.88 Å². The zero-order chi connectivity index (χ0) is 21.0. The Bertz CT molecular complexity index is 788. The third-order valence-electron chi connectivity index (χ3n) is 5.13. The second kappa shape index (κ2) is 12.1. The van der Waals surface area contributed by atoms with Gasteiger partial charge in [-0.05, 0) is 43.1 Å². The number of likely N-dealkylation sites (tertiary alicyclic amines) is 1. The molecule has 0 saturated carbocycles. The number of benzene rings is 1. The van der Waals surface area contributed by atoms with Crippen molar-refractivity contribution < 1.29 is 9.47 Å². The largest absolute Gasteiger partial charge is 0.475 e. The summed E-state index contributed by atoms with van der Waals surface area (Å²) >= 11 is 0. The first-order valence-electron chi connectivity index (χ1n) is 10.6. The Morgan fingerprint density at radius 3 is 2.50 bits per heavy atom. The average Bonchev–Trinajstić information content (AvgIpc) is 3.29. The first-order valence-corrected chi connectivity index (χ1v) is 10.6. The molecule has 3 rings (SSSR count). The van der Waals surface area contributed by atoms with E-state index in [1.54, 1.807) is 20.4 Å². The predicted molar refractivity (Wildman–Crippen MR) is 120 cm³/mol. The van der Waals surface area contributed by atoms with E-state index in [0.717, 1.165) is 18.1 Å². The molecular formula is C23H33N5O2. The summed E-state index contributed by atoms with van der Waals surface area (Å²) < 4.78 is 10.7. The molecule has 0 amide bonds. The maximum absolute atomic E-state index is 5.69. The number of guanidine groups is 1. The highest BCUT2D eigenvalue weighted by molar-refractivity contribution is 5.79. The minimum Gasteiger partial charge on any atom is -0.475 e. The van der Waals surface area contributed by atoms with Gasteiger partial charge in [-0.2, -0.15) is 0 Å². The molecule has 2 N–H and O–H groups in total. The van der Waals surface area contributed by atoms with Crippen molar-refractivity contribution in [3.8, 4) is 5.88 Å². The summed E-state index contributed by atoms with van der Waals surface area (Å²) in [5.74, 6) is 1.36. The molecule has 1 aromatic heterocycles. The topological polar surface area (TPSA) is 71.0 Å². The van der Waals surface area contributed by atoms with Crippen molar-refractivity contribution in [3.63, 3.8) is 0 Å². The van der Waals surface area contributed by atoms with E-state index in [2.05, 4.69) is 49.8 Å². The van der Waals surface area contributed by atoms with Crippen molar-refractivity contribution in [2.45, 2.75) is 32.5 Å². The Kier molecular flexibility index (Phi) is 8.93. The van der Waals surface area contributed by atoms with Gasteiger partial charge >= 0.3 is 0 Å². The Morgan fingerprint density at radius 2 is 1.77 bits per heavy atom. The van der Waals surface area contributed by atoms with Gasteiger partial charge in [-0.15, -0.1) is 0 Å². The lowest BCUT2D eigenvalue weighted by Crippen LogP contribution is -2.36. The first-order chi connectivity index (χ1) is 14.8. The minimum atomic E-state index is 0.473. The van der Waals surface area contributed by atoms with Gasteiger partial charge in [0.15, 0.2) is 5.96 Å². The van der Waals surface area contributed by atoms with Crippen LogP contribution in [-0.2, 0) is 24.4 Å². The molecule has 2 heterocycles. The number of hydrogen-bond acceptors (Lipinski definition) is 5. The van der Waals surface area contributed by atoms with E-state index in [9.17, 15) is 0 Å². The molecule has 1 saturated heterocycles. The minimum absolute atomic E-state index is 0.473. The summed E-state index contributed by atoms with van der Waals surface area (Å²) in [5.41, 5.74) is 3.58. The highest BCUT2D eigenvalue weighted by Gasteiger charge is 2.11. The fraction of sp³-hybridized carbons (Fsp3) is 0.478. The monoisotopic (exact) mass is 411 g/mol. The second-order valence-electron chi connectivity index (χ2n) is 7.39. The van der Waals surface area contributed by atoms with Crippen LogP contribution in [-0.4, -0.2) is 56.3 Å². The van der Waals surface area contributed by atoms with Gasteiger partial charge in [-0.1, -0.05) is 30.3 Å². The molecule has 0 bridgehead atoms. The number of nitrogens with one attached hydrogen (secondary N) is 2. The molecule has 162 valence electrons. The Morgan fingerprint density at radius 1 is 1.03 bits per heavy atom. The van der Waals surface area contributed by atoms with Crippen LogP contribution >= 0.6 is 0 Å². The molecule has 1 aliphatic rings. The Hall–Kier alpha value is -2.64. The van der Waals surface area contributed by atoms with Gasteiger partial charge in [0, 0.05) is 45.6 Å². The van der Waals surface area contributed by atoms with Crippen LogP contribution in [0.3, 0.4) is 0 Å². The van der Waals surface area contributed by atoms with Gasteiger partial charge < -0.3 is 20.1 Å². The molecule has 7 heteroatoms. The third-order valence-corrected chi connectivity index (χ3v) is 5.13. The molecule has 1 aliphatic heterocycles. The summed E-state index contributed by atoms with van der Waals surface area (Å²) in [4.78, 5) is 11.1. The number of pyridine rings is 1. The van der Waals surface area contributed by atoms with Crippen molar-refractivity contribution in [3.05, 3.63) is 59.3 Å². The van der Waals surface area contributed by atoms with E-state index < -0.39 is 0 Å². The standard InChI is InChI=1S/C23H33N5O2/c1-24-23(27-17-21-6-5-11-25-22(21)30-15-14-29-2)26-16-19-7-9-20(10-8-19)18-28-12-3-4-13-28/h5-11H,3-4,12-18H2,1-2H3,(H2,24,26,27). The van der Waals surface area contributed by atoms with E-state index in [1.165, 1.54) is 37.1 Å². The van der Waals surface area contributed by atoms with Crippen LogP contribution in [0.1, 0.15) is 29.5 Å². The normalized spacial score (nSPS) is 14.7. The quantitative estimate of drug-likeness (QED) is 0.356. The average molecular weight is 412 g/mol. The number of methoxy groups -OCH3 is 1. The van der Waals surface area contributed by atoms with Gasteiger partial charge in [0.1, 0.15) is 6.61 Å². The zero-order valence-electron chi connectivity index (χ0n) is 18.1. The molecule has 0 spiro atoms. The summed E-state index contributed by atoms with van der Waals surface area (Å²) in [7, 11) is 3.43. The maximum atomic E-state index is 5.69. The zero-order valence-corrected chi connectivity index (χ0v) is 18.1. The fourth-order valence-corrected chi connectivity index (χ4v) is 3.46. The smallest absolute Gasteiger partial charge is 0.218 e. The molecule has 2 aromatic rings. The van der Waals surface area contributed by atoms with Gasteiger partial charge in [-0.3, -0.25) is 9.89 Å². The number of rotatable bonds is 10. The number of aromatic nitrogens is 1. The Labute approximate surface area is 179 Å². The summed E-state index contributed by atoms with van der Waals surface area (Å²) in [5, 5.41) is 6.69. The predicted octanol–water partition coefficient (Wildman–Crippen LogP) is 2.57. The van der Waals surface area contributed by atoms with Crippen molar-refractivity contribution in [2.75, 3.05) is 40.5 Å². The van der Waals surface area contributed by atoms with E-state index in [0.29, 0.717) is 32.2 Å². The second-order valence-corrected chi connectivity index (χ2v) is 7.39. The molecule has 0 unspecified atom stereocenters. The maximum Gasteiger partial charge on any atom is 0.218 e. The van der Waals surface area contributed by atoms with Crippen molar-refractivity contribution >= 4 is 5.96 Å². The fourth-order valence-electron chi connectivity index (χ4n) is 3.46. The van der Waals surface area contributed by atoms with Crippen LogP contribution in [0.4, 0.5) is 0 Å². The lowest BCUT2D eigenvalue weighted by atomic mass is 10.1. The third kappa shape index (κ3) is 7.00. The molecule has 0 aliphatic carbocycles. The van der Waals surface area contributed by atoms with Gasteiger partial charge in [-0.25, -0.2) is 4.98 Å². The molecule has 0 radical (unpaired) electrons. The first kappa shape index (κ1) is 22.1. The molecular weight excluding hydrogens is 378 g/mol. The summed E-state index contributed by atoms with van der Waals surface area (Å²) in [6, 6.07) is 12.7. The number of nitrogens with zero attached hydrogens (tertiary/aromatic N) is 3. The van der Waals surface area contributed by atoms with Gasteiger partial charge in [0.25, 0.3) is 0 Å². The van der Waals surface area contributed by atoms with Crippen LogP contribution < -0.4 is 15.4 Å². The van der Waals surface area contributed by atoms with Crippen LogP contribution in [0.15, 0.2) is 47.6 Å². The Balaban J connectivity index is 1.46. The number of aliphatic imine (C=N–C) groups is 1. The van der Waals surface area contributed by atoms with E-state index in [-0.39, 0.29) is 0 Å². The molecule has 1 fully saturated rings. The van der Waals surface area contributed by atoms with Crippen LogP contribution in [0.25, 0.3) is 0 Å². The van der Waals surface area contributed by atoms with Crippen molar-refractivity contribution in [2.24, 2.45) is 4.99 Å². The van der Waals surface area contributed by atoms with Gasteiger partial charge in [0.05, 0.1) is 6.61 Å². The van der Waals surface area contributed by atoms with E-state index >= 15 is 0 Å². The highest BCUT2D eigenvalue weighted by Crippen LogP contribution is 2.14. The number of ether oxygens (including phenoxy) is 2. The van der Waals surface area contributed by atoms with Crippen LogP contribution in [0.2, 0.25) is 0 Å². The molecule has 30 heavy (non-hydrogen) atoms. The van der Waals surface area contributed by atoms with Crippen LogP contribution in [0.5, 0.6) is 5.88 Å². The lowest BCUT2D eigenvalue weighted by Gasteiger charge is -2.16.